The third-order valence-electron chi connectivity index (χ3n) is 4.73. The number of hydrogen-bond donors (Lipinski definition) is 1. The molecule has 1 N–H and O–H groups in total. The fourth-order valence-electron chi connectivity index (χ4n) is 3.19. The number of ether oxygens (including phenoxy) is 3. The summed E-state index contributed by atoms with van der Waals surface area (Å²) < 4.78 is 15.6. The van der Waals surface area contributed by atoms with E-state index in [1.54, 1.807) is 18.2 Å². The molecule has 0 radical (unpaired) electrons. The van der Waals surface area contributed by atoms with E-state index in [-0.39, 0.29) is 12.7 Å². The van der Waals surface area contributed by atoms with E-state index in [0.717, 1.165) is 22.3 Å². The highest BCUT2D eigenvalue weighted by Gasteiger charge is 2.24. The Kier molecular flexibility index (Phi) is 4.98. The summed E-state index contributed by atoms with van der Waals surface area (Å²) in [6.07, 6.45) is 0. The molecule has 7 heteroatoms. The number of thiophene rings is 1. The third-order valence-corrected chi connectivity index (χ3v) is 5.62. The van der Waals surface area contributed by atoms with Crippen molar-refractivity contribution in [2.45, 2.75) is 13.8 Å². The lowest BCUT2D eigenvalue weighted by molar-refractivity contribution is 0.0603. The zero-order valence-corrected chi connectivity index (χ0v) is 17.0. The predicted octanol–water partition coefficient (Wildman–Crippen LogP) is 4.80. The van der Waals surface area contributed by atoms with Gasteiger partial charge in [0.25, 0.3) is 5.91 Å². The summed E-state index contributed by atoms with van der Waals surface area (Å²) in [7, 11) is 1.33. The number of nitrogens with one attached hydrogen (secondary N) is 1. The molecule has 6 nitrogen and oxygen atoms in total. The van der Waals surface area contributed by atoms with Crippen molar-refractivity contribution in [3.8, 4) is 22.6 Å². The molecule has 29 heavy (non-hydrogen) atoms. The Hall–Kier alpha value is -3.32. The Bertz CT molecular complexity index is 1120. The first kappa shape index (κ1) is 19.0. The predicted molar refractivity (Wildman–Crippen MR) is 111 cm³/mol. The van der Waals surface area contributed by atoms with E-state index in [1.165, 1.54) is 18.4 Å². The largest absolute Gasteiger partial charge is 0.465 e. The zero-order valence-electron chi connectivity index (χ0n) is 16.2. The number of methoxy groups -OCH3 is 1. The molecule has 1 aliphatic heterocycles. The van der Waals surface area contributed by atoms with Gasteiger partial charge in [-0.2, -0.15) is 0 Å². The van der Waals surface area contributed by atoms with Crippen LogP contribution in [0.5, 0.6) is 11.5 Å². The summed E-state index contributed by atoms with van der Waals surface area (Å²) in [4.78, 5) is 25.3. The van der Waals surface area contributed by atoms with Gasteiger partial charge in [0.1, 0.15) is 10.6 Å². The molecule has 2 heterocycles. The van der Waals surface area contributed by atoms with Gasteiger partial charge in [-0.25, -0.2) is 4.79 Å². The average molecular weight is 409 g/mol. The van der Waals surface area contributed by atoms with Crippen molar-refractivity contribution in [1.29, 1.82) is 0 Å². The number of carbonyl (C=O) groups excluding carboxylic acids is 2. The number of carbonyl (C=O) groups is 2. The minimum atomic E-state index is -0.497. The van der Waals surface area contributed by atoms with Crippen LogP contribution in [0.2, 0.25) is 0 Å². The lowest BCUT2D eigenvalue weighted by atomic mass is 9.97. The summed E-state index contributed by atoms with van der Waals surface area (Å²) in [6.45, 7) is 4.12. The maximum Gasteiger partial charge on any atom is 0.341 e. The van der Waals surface area contributed by atoms with Crippen molar-refractivity contribution < 1.29 is 23.8 Å². The van der Waals surface area contributed by atoms with Gasteiger partial charge < -0.3 is 19.5 Å². The first-order chi connectivity index (χ1) is 14.0. The van der Waals surface area contributed by atoms with E-state index < -0.39 is 5.97 Å². The lowest BCUT2D eigenvalue weighted by Gasteiger charge is -2.10. The van der Waals surface area contributed by atoms with E-state index in [1.807, 2.05) is 37.4 Å². The fraction of sp³-hybridized carbons (Fsp3) is 0.182. The SMILES string of the molecule is COC(=O)c1c(-c2cc(C)ccc2C)csc1NC(=O)c1ccc2c(c1)OCO2. The molecular formula is C22H19NO5S. The lowest BCUT2D eigenvalue weighted by Crippen LogP contribution is -2.14. The van der Waals surface area contributed by atoms with E-state index in [9.17, 15) is 9.59 Å². The van der Waals surface area contributed by atoms with Crippen molar-refractivity contribution in [3.05, 3.63) is 64.0 Å². The topological polar surface area (TPSA) is 73.9 Å². The maximum absolute atomic E-state index is 12.8. The Morgan fingerprint density at radius 1 is 1.03 bits per heavy atom. The molecule has 0 saturated carbocycles. The van der Waals surface area contributed by atoms with Gasteiger partial charge in [-0.15, -0.1) is 11.3 Å². The molecule has 2 aromatic carbocycles. The van der Waals surface area contributed by atoms with Gasteiger partial charge in [0.05, 0.1) is 7.11 Å². The van der Waals surface area contributed by atoms with Crippen LogP contribution in [0.1, 0.15) is 31.8 Å². The van der Waals surface area contributed by atoms with E-state index in [2.05, 4.69) is 5.32 Å². The second-order valence-corrected chi connectivity index (χ2v) is 7.57. The van der Waals surface area contributed by atoms with Crippen LogP contribution in [0, 0.1) is 13.8 Å². The quantitative estimate of drug-likeness (QED) is 0.627. The molecule has 1 amide bonds. The van der Waals surface area contributed by atoms with Crippen LogP contribution < -0.4 is 14.8 Å². The van der Waals surface area contributed by atoms with Gasteiger partial charge in [0, 0.05) is 16.5 Å². The van der Waals surface area contributed by atoms with Gasteiger partial charge in [0.15, 0.2) is 11.5 Å². The Morgan fingerprint density at radius 2 is 1.83 bits per heavy atom. The third kappa shape index (κ3) is 3.56. The molecule has 1 aliphatic rings. The molecule has 0 saturated heterocycles. The highest BCUT2D eigenvalue weighted by atomic mass is 32.1. The molecule has 0 unspecified atom stereocenters. The second-order valence-electron chi connectivity index (χ2n) is 6.69. The zero-order chi connectivity index (χ0) is 20.5. The second kappa shape index (κ2) is 7.60. The fourth-order valence-corrected chi connectivity index (χ4v) is 4.14. The molecule has 148 valence electrons. The highest BCUT2D eigenvalue weighted by Crippen LogP contribution is 2.38. The van der Waals surface area contributed by atoms with Crippen molar-refractivity contribution in [1.82, 2.24) is 0 Å². The Labute approximate surface area is 172 Å². The van der Waals surface area contributed by atoms with E-state index >= 15 is 0 Å². The van der Waals surface area contributed by atoms with Gasteiger partial charge >= 0.3 is 5.97 Å². The first-order valence-corrected chi connectivity index (χ1v) is 9.84. The van der Waals surface area contributed by atoms with Crippen LogP contribution in [-0.4, -0.2) is 25.8 Å². The number of hydrogen-bond acceptors (Lipinski definition) is 6. The summed E-state index contributed by atoms with van der Waals surface area (Å²) >= 11 is 1.29. The monoisotopic (exact) mass is 409 g/mol. The molecule has 0 atom stereocenters. The van der Waals surface area contributed by atoms with Crippen LogP contribution in [-0.2, 0) is 4.74 Å². The number of anilines is 1. The number of fused-ring (bicyclic) bond motifs is 1. The van der Waals surface area contributed by atoms with Crippen molar-refractivity contribution in [3.63, 3.8) is 0 Å². The van der Waals surface area contributed by atoms with Gasteiger partial charge in [-0.1, -0.05) is 23.8 Å². The summed E-state index contributed by atoms with van der Waals surface area (Å²) in [5.74, 6) is 0.282. The van der Waals surface area contributed by atoms with Gasteiger partial charge in [-0.3, -0.25) is 4.79 Å². The molecule has 1 aromatic heterocycles. The summed E-state index contributed by atoms with van der Waals surface area (Å²) in [5.41, 5.74) is 4.55. The highest BCUT2D eigenvalue weighted by molar-refractivity contribution is 7.15. The first-order valence-electron chi connectivity index (χ1n) is 8.96. The van der Waals surface area contributed by atoms with Crippen LogP contribution in [0.4, 0.5) is 5.00 Å². The number of aryl methyl sites for hydroxylation is 2. The minimum absolute atomic E-state index is 0.136. The Morgan fingerprint density at radius 3 is 2.62 bits per heavy atom. The molecule has 0 bridgehead atoms. The van der Waals surface area contributed by atoms with Crippen molar-refractivity contribution >= 4 is 28.2 Å². The number of esters is 1. The Balaban J connectivity index is 1.71. The van der Waals surface area contributed by atoms with Crippen molar-refractivity contribution in [2.24, 2.45) is 0 Å². The minimum Gasteiger partial charge on any atom is -0.465 e. The molecule has 0 spiro atoms. The van der Waals surface area contributed by atoms with Gasteiger partial charge in [-0.05, 0) is 43.2 Å². The van der Waals surface area contributed by atoms with E-state index in [4.69, 9.17) is 14.2 Å². The maximum atomic E-state index is 12.8. The number of benzene rings is 2. The van der Waals surface area contributed by atoms with Crippen LogP contribution in [0.15, 0.2) is 41.8 Å². The average Bonchev–Trinajstić information content (AvgIpc) is 3.35. The molecule has 4 rings (SSSR count). The van der Waals surface area contributed by atoms with Crippen LogP contribution in [0.3, 0.4) is 0 Å². The summed E-state index contributed by atoms with van der Waals surface area (Å²) in [6, 6.07) is 11.0. The van der Waals surface area contributed by atoms with Crippen molar-refractivity contribution in [2.75, 3.05) is 19.2 Å². The molecule has 0 fully saturated rings. The standard InChI is InChI=1S/C22H19NO5S/c1-12-4-5-13(2)15(8-12)16-10-29-21(19(16)22(25)26-3)23-20(24)14-6-7-17-18(9-14)28-11-27-17/h4-10H,11H2,1-3H3,(H,23,24). The van der Waals surface area contributed by atoms with Crippen LogP contribution in [0.25, 0.3) is 11.1 Å². The van der Waals surface area contributed by atoms with Gasteiger partial charge in [0.2, 0.25) is 6.79 Å². The van der Waals surface area contributed by atoms with E-state index in [0.29, 0.717) is 27.6 Å². The smallest absolute Gasteiger partial charge is 0.341 e. The normalized spacial score (nSPS) is 12.0. The van der Waals surface area contributed by atoms with Crippen LogP contribution >= 0.6 is 11.3 Å². The number of amides is 1. The molecule has 0 aliphatic carbocycles. The number of rotatable bonds is 4. The summed E-state index contributed by atoms with van der Waals surface area (Å²) in [5, 5.41) is 5.14. The molecular weight excluding hydrogens is 390 g/mol. The molecule has 3 aromatic rings.